The lowest BCUT2D eigenvalue weighted by Crippen LogP contribution is -2.57. The van der Waals surface area contributed by atoms with Crippen LogP contribution in [0.5, 0.6) is 5.88 Å². The summed E-state index contributed by atoms with van der Waals surface area (Å²) in [5.41, 5.74) is -0.641. The first-order chi connectivity index (χ1) is 14.3. The van der Waals surface area contributed by atoms with Crippen molar-refractivity contribution in [2.75, 3.05) is 13.1 Å². The van der Waals surface area contributed by atoms with E-state index in [0.717, 1.165) is 25.5 Å². The van der Waals surface area contributed by atoms with Crippen LogP contribution in [-0.4, -0.2) is 52.4 Å². The Morgan fingerprint density at radius 3 is 2.60 bits per heavy atom. The fourth-order valence-corrected chi connectivity index (χ4v) is 6.26. The molecule has 6 rings (SSSR count). The van der Waals surface area contributed by atoms with Crippen LogP contribution in [0.4, 0.5) is 13.6 Å². The van der Waals surface area contributed by atoms with Crippen molar-refractivity contribution < 1.29 is 33.0 Å². The number of carboxylic acid groups (broad SMARTS) is 1. The number of nitrogens with zero attached hydrogens (tertiary/aromatic N) is 2. The number of likely N-dealkylation sites (tertiary alicyclic amines) is 1. The largest absolute Gasteiger partial charge is 0.481 e. The predicted octanol–water partition coefficient (Wildman–Crippen LogP) is 3.23. The van der Waals surface area contributed by atoms with Gasteiger partial charge in [0.2, 0.25) is 0 Å². The first kappa shape index (κ1) is 19.5. The zero-order chi connectivity index (χ0) is 21.0. The standard InChI is InChI=1S/C21H24F2N2O5/c22-14-5-16(23)18(24-9-14)29-15-1-2-25(10-15)20(28)30-17-12-3-11-4-13(17)8-21(6-11,7-12)19(26)27/h5,9,11-13,15,17H,1-4,6-8,10H2,(H,26,27)/t11?,12-,13?,15?,17?,21?/m1/s1. The van der Waals surface area contributed by atoms with Gasteiger partial charge in [0.05, 0.1) is 18.2 Å². The van der Waals surface area contributed by atoms with Crippen LogP contribution in [0.3, 0.4) is 0 Å². The number of hydrogen-bond donors (Lipinski definition) is 1. The average Bonchev–Trinajstić information content (AvgIpc) is 3.15. The number of halogens is 2. The van der Waals surface area contributed by atoms with Crippen LogP contribution in [0.1, 0.15) is 38.5 Å². The maximum absolute atomic E-state index is 13.7. The summed E-state index contributed by atoms with van der Waals surface area (Å²) in [6.45, 7) is 0.650. The van der Waals surface area contributed by atoms with Crippen LogP contribution in [-0.2, 0) is 9.53 Å². The molecule has 1 N–H and O–H groups in total. The molecule has 1 saturated heterocycles. The van der Waals surface area contributed by atoms with Crippen LogP contribution in [0.2, 0.25) is 0 Å². The van der Waals surface area contributed by atoms with Crippen molar-refractivity contribution in [3.63, 3.8) is 0 Å². The van der Waals surface area contributed by atoms with Crippen molar-refractivity contribution in [3.05, 3.63) is 23.9 Å². The van der Waals surface area contributed by atoms with Crippen molar-refractivity contribution in [1.82, 2.24) is 9.88 Å². The molecule has 1 aliphatic heterocycles. The second-order valence-corrected chi connectivity index (χ2v) is 9.32. The highest BCUT2D eigenvalue weighted by molar-refractivity contribution is 5.75. The minimum absolute atomic E-state index is 0.100. The SMILES string of the molecule is O=C(OC1C2CC3C[C@@H]1CC(C(=O)O)(C3)C2)N1CCC(Oc2ncc(F)cc2F)C1. The van der Waals surface area contributed by atoms with Gasteiger partial charge in [-0.25, -0.2) is 18.6 Å². The van der Waals surface area contributed by atoms with Crippen LogP contribution >= 0.6 is 0 Å². The monoisotopic (exact) mass is 422 g/mol. The first-order valence-electron chi connectivity index (χ1n) is 10.5. The van der Waals surface area contributed by atoms with E-state index in [1.54, 1.807) is 0 Å². The molecule has 5 fully saturated rings. The highest BCUT2D eigenvalue weighted by Crippen LogP contribution is 2.60. The number of ether oxygens (including phenoxy) is 2. The van der Waals surface area contributed by atoms with Crippen LogP contribution in [0, 0.1) is 34.8 Å². The number of rotatable bonds is 4. The predicted molar refractivity (Wildman–Crippen MR) is 98.7 cm³/mol. The lowest BCUT2D eigenvalue weighted by atomic mass is 9.48. The van der Waals surface area contributed by atoms with Gasteiger partial charge in [0.25, 0.3) is 5.88 Å². The zero-order valence-electron chi connectivity index (χ0n) is 16.4. The summed E-state index contributed by atoms with van der Waals surface area (Å²) < 4.78 is 38.1. The molecule has 4 bridgehead atoms. The molecule has 162 valence electrons. The number of amides is 1. The van der Waals surface area contributed by atoms with E-state index in [2.05, 4.69) is 4.98 Å². The number of carbonyl (C=O) groups excluding carboxylic acids is 1. The fourth-order valence-electron chi connectivity index (χ4n) is 6.26. The Morgan fingerprint density at radius 1 is 1.20 bits per heavy atom. The molecule has 6 atom stereocenters. The van der Waals surface area contributed by atoms with Gasteiger partial charge in [-0.15, -0.1) is 0 Å². The molecule has 7 nitrogen and oxygen atoms in total. The van der Waals surface area contributed by atoms with Gasteiger partial charge in [-0.3, -0.25) is 4.79 Å². The lowest BCUT2D eigenvalue weighted by molar-refractivity contribution is -0.179. The summed E-state index contributed by atoms with van der Waals surface area (Å²) >= 11 is 0. The van der Waals surface area contributed by atoms with Crippen molar-refractivity contribution in [2.24, 2.45) is 23.2 Å². The van der Waals surface area contributed by atoms with Gasteiger partial charge in [-0.2, -0.15) is 0 Å². The van der Waals surface area contributed by atoms with Gasteiger partial charge in [-0.1, -0.05) is 0 Å². The van der Waals surface area contributed by atoms with Gasteiger partial charge in [-0.05, 0) is 49.9 Å². The summed E-state index contributed by atoms with van der Waals surface area (Å²) in [6, 6.07) is 0.708. The third-order valence-corrected chi connectivity index (χ3v) is 7.33. The van der Waals surface area contributed by atoms with Crippen molar-refractivity contribution in [3.8, 4) is 5.88 Å². The van der Waals surface area contributed by atoms with E-state index >= 15 is 0 Å². The van der Waals surface area contributed by atoms with Crippen molar-refractivity contribution >= 4 is 12.1 Å². The minimum atomic E-state index is -0.878. The molecule has 9 heteroatoms. The number of carbonyl (C=O) groups is 2. The van der Waals surface area contributed by atoms with Gasteiger partial charge in [0.1, 0.15) is 18.0 Å². The van der Waals surface area contributed by atoms with Crippen molar-refractivity contribution in [2.45, 2.75) is 50.7 Å². The summed E-state index contributed by atoms with van der Waals surface area (Å²) in [4.78, 5) is 29.7. The van der Waals surface area contributed by atoms with Gasteiger partial charge >= 0.3 is 12.1 Å². The number of aromatic nitrogens is 1. The highest BCUT2D eigenvalue weighted by Gasteiger charge is 2.60. The van der Waals surface area contributed by atoms with Gasteiger partial charge in [0, 0.05) is 19.0 Å². The molecule has 0 aromatic carbocycles. The van der Waals surface area contributed by atoms with Crippen molar-refractivity contribution in [1.29, 1.82) is 0 Å². The lowest BCUT2D eigenvalue weighted by Gasteiger charge is -2.57. The average molecular weight is 422 g/mol. The molecule has 5 unspecified atom stereocenters. The summed E-state index contributed by atoms with van der Waals surface area (Å²) in [5.74, 6) is -2.04. The van der Waals surface area contributed by atoms with E-state index in [1.165, 1.54) is 4.90 Å². The molecule has 0 radical (unpaired) electrons. The third kappa shape index (κ3) is 3.28. The molecule has 1 amide bonds. The maximum Gasteiger partial charge on any atom is 0.410 e. The molecular weight excluding hydrogens is 398 g/mol. The summed E-state index contributed by atoms with van der Waals surface area (Å²) in [7, 11) is 0. The minimum Gasteiger partial charge on any atom is -0.481 e. The molecule has 30 heavy (non-hydrogen) atoms. The second kappa shape index (κ2) is 7.06. The van der Waals surface area contributed by atoms with Gasteiger partial charge < -0.3 is 19.5 Å². The third-order valence-electron chi connectivity index (χ3n) is 7.33. The van der Waals surface area contributed by atoms with E-state index in [-0.39, 0.29) is 30.4 Å². The Labute approximate surface area is 172 Å². The Bertz CT molecular complexity index is 865. The Hall–Kier alpha value is -2.45. The second-order valence-electron chi connectivity index (χ2n) is 9.32. The van der Waals surface area contributed by atoms with E-state index in [9.17, 15) is 23.5 Å². The zero-order valence-corrected chi connectivity index (χ0v) is 16.4. The number of pyridine rings is 1. The molecule has 4 saturated carbocycles. The quantitative estimate of drug-likeness (QED) is 0.802. The van der Waals surface area contributed by atoms with E-state index < -0.39 is 35.2 Å². The summed E-state index contributed by atoms with van der Waals surface area (Å²) in [6.07, 6.45) is 4.01. The Morgan fingerprint density at radius 2 is 1.93 bits per heavy atom. The van der Waals surface area contributed by atoms with E-state index in [4.69, 9.17) is 9.47 Å². The first-order valence-corrected chi connectivity index (χ1v) is 10.5. The van der Waals surface area contributed by atoms with Gasteiger partial charge in [0.15, 0.2) is 5.82 Å². The van der Waals surface area contributed by atoms with E-state index in [1.807, 2.05) is 0 Å². The molecule has 1 aromatic rings. The Balaban J connectivity index is 1.19. The van der Waals surface area contributed by atoms with Crippen LogP contribution in [0.25, 0.3) is 0 Å². The molecule has 0 spiro atoms. The molecule has 1 aromatic heterocycles. The topological polar surface area (TPSA) is 89.0 Å². The molecular formula is C21H24F2N2O5. The smallest absolute Gasteiger partial charge is 0.410 e. The highest BCUT2D eigenvalue weighted by atomic mass is 19.1. The molecule has 2 heterocycles. The normalized spacial score (nSPS) is 36.7. The summed E-state index contributed by atoms with van der Waals surface area (Å²) in [5, 5.41) is 9.72. The van der Waals surface area contributed by atoms with Crippen LogP contribution in [0.15, 0.2) is 12.3 Å². The fraction of sp³-hybridized carbons (Fsp3) is 0.667. The Kier molecular flexibility index (Phi) is 4.59. The number of aliphatic carboxylic acids is 1. The maximum atomic E-state index is 13.7. The number of carboxylic acids is 1. The van der Waals surface area contributed by atoms with E-state index in [0.29, 0.717) is 37.8 Å². The van der Waals surface area contributed by atoms with Crippen LogP contribution < -0.4 is 4.74 Å². The number of hydrogen-bond acceptors (Lipinski definition) is 5. The molecule has 4 aliphatic carbocycles. The molecule has 5 aliphatic rings.